The predicted molar refractivity (Wildman–Crippen MR) is 114 cm³/mol. The minimum Gasteiger partial charge on any atom is -0.343 e. The molecule has 3 fully saturated rings. The van der Waals surface area contributed by atoms with Crippen LogP contribution in [0.4, 0.5) is 4.79 Å². The number of likely N-dealkylation sites (tertiary alicyclic amines) is 2. The topological polar surface area (TPSA) is 90.0 Å². The summed E-state index contributed by atoms with van der Waals surface area (Å²) in [6.45, 7) is 3.79. The molecular weight excluding hydrogens is 396 g/mol. The van der Waals surface area contributed by atoms with E-state index in [0.29, 0.717) is 58.3 Å². The minimum absolute atomic E-state index is 0.0176. The van der Waals surface area contributed by atoms with Gasteiger partial charge in [0.05, 0.1) is 12.5 Å². The van der Waals surface area contributed by atoms with Crippen LogP contribution >= 0.6 is 0 Å². The Kier molecular flexibility index (Phi) is 5.98. The van der Waals surface area contributed by atoms with E-state index in [4.69, 9.17) is 0 Å². The van der Waals surface area contributed by atoms with Crippen molar-refractivity contribution in [2.75, 3.05) is 26.2 Å². The smallest absolute Gasteiger partial charge is 0.325 e. The molecule has 1 atom stereocenters. The molecule has 1 N–H and O–H groups in total. The van der Waals surface area contributed by atoms with Crippen LogP contribution in [0.1, 0.15) is 44.6 Å². The molecule has 8 nitrogen and oxygen atoms in total. The molecule has 3 aliphatic rings. The van der Waals surface area contributed by atoms with Gasteiger partial charge < -0.3 is 15.1 Å². The lowest BCUT2D eigenvalue weighted by Gasteiger charge is -2.39. The number of hydrogen-bond donors (Lipinski definition) is 1. The van der Waals surface area contributed by atoms with Gasteiger partial charge in [0.2, 0.25) is 11.8 Å². The molecule has 5 amide bonds. The van der Waals surface area contributed by atoms with E-state index in [9.17, 15) is 19.2 Å². The van der Waals surface area contributed by atoms with Crippen LogP contribution in [0.5, 0.6) is 0 Å². The number of benzene rings is 1. The number of carbonyl (C=O) groups excluding carboxylic acids is 4. The molecule has 166 valence electrons. The molecule has 31 heavy (non-hydrogen) atoms. The van der Waals surface area contributed by atoms with E-state index < -0.39 is 5.54 Å². The molecule has 3 aliphatic heterocycles. The summed E-state index contributed by atoms with van der Waals surface area (Å²) < 4.78 is 0. The Bertz CT molecular complexity index is 864. The molecule has 0 saturated carbocycles. The van der Waals surface area contributed by atoms with Crippen LogP contribution in [0, 0.1) is 0 Å². The fourth-order valence-corrected chi connectivity index (χ4v) is 4.95. The molecular formula is C23H30N4O4. The third kappa shape index (κ3) is 4.16. The summed E-state index contributed by atoms with van der Waals surface area (Å²) in [5.74, 6) is -0.115. The average molecular weight is 427 g/mol. The van der Waals surface area contributed by atoms with Crippen molar-refractivity contribution in [3.63, 3.8) is 0 Å². The number of amides is 5. The standard InChI is InChI=1S/C23H30N4O4/c1-2-19(28)25-13-10-23(11-14-25)21(30)27(22(31)24-23)18-9-6-12-26(16-18)20(29)15-17-7-4-3-5-8-17/h3-5,7-8,18H,2,6,9-16H2,1H3,(H,24,31)/t18-/m1/s1. The molecule has 1 aromatic rings. The molecule has 8 heteroatoms. The highest BCUT2D eigenvalue weighted by molar-refractivity contribution is 6.07. The Balaban J connectivity index is 1.41. The van der Waals surface area contributed by atoms with E-state index in [-0.39, 0.29) is 29.8 Å². The minimum atomic E-state index is -0.919. The Labute approximate surface area is 182 Å². The van der Waals surface area contributed by atoms with E-state index in [1.54, 1.807) is 9.80 Å². The van der Waals surface area contributed by atoms with Crippen molar-refractivity contribution < 1.29 is 19.2 Å². The van der Waals surface area contributed by atoms with Crippen LogP contribution in [0.3, 0.4) is 0 Å². The van der Waals surface area contributed by atoms with Gasteiger partial charge in [-0.25, -0.2) is 4.79 Å². The first kappa shape index (κ1) is 21.3. The van der Waals surface area contributed by atoms with E-state index in [0.717, 1.165) is 12.0 Å². The van der Waals surface area contributed by atoms with Crippen LogP contribution < -0.4 is 5.32 Å². The van der Waals surface area contributed by atoms with E-state index in [1.807, 2.05) is 37.3 Å². The number of nitrogens with one attached hydrogen (secondary N) is 1. The zero-order valence-corrected chi connectivity index (χ0v) is 18.0. The van der Waals surface area contributed by atoms with Crippen molar-refractivity contribution in [2.24, 2.45) is 0 Å². The summed E-state index contributed by atoms with van der Waals surface area (Å²) in [6.07, 6.45) is 3.08. The van der Waals surface area contributed by atoms with Crippen molar-refractivity contribution >= 4 is 23.8 Å². The highest BCUT2D eigenvalue weighted by Gasteiger charge is 2.54. The number of piperidine rings is 2. The summed E-state index contributed by atoms with van der Waals surface area (Å²) in [5.41, 5.74) is 0.0368. The maximum Gasteiger partial charge on any atom is 0.325 e. The largest absolute Gasteiger partial charge is 0.343 e. The number of rotatable bonds is 4. The van der Waals surface area contributed by atoms with Gasteiger partial charge in [-0.05, 0) is 31.2 Å². The number of carbonyl (C=O) groups is 4. The highest BCUT2D eigenvalue weighted by Crippen LogP contribution is 2.32. The summed E-state index contributed by atoms with van der Waals surface area (Å²) in [6, 6.07) is 8.91. The fraction of sp³-hybridized carbons (Fsp3) is 0.565. The van der Waals surface area contributed by atoms with Crippen molar-refractivity contribution in [1.82, 2.24) is 20.0 Å². The maximum atomic E-state index is 13.3. The molecule has 4 rings (SSSR count). The zero-order chi connectivity index (χ0) is 22.0. The lowest BCUT2D eigenvalue weighted by Crippen LogP contribution is -2.57. The monoisotopic (exact) mass is 426 g/mol. The number of nitrogens with zero attached hydrogens (tertiary/aromatic N) is 3. The summed E-state index contributed by atoms with van der Waals surface area (Å²) in [4.78, 5) is 55.8. The predicted octanol–water partition coefficient (Wildman–Crippen LogP) is 1.54. The summed E-state index contributed by atoms with van der Waals surface area (Å²) in [7, 11) is 0. The van der Waals surface area contributed by atoms with Crippen molar-refractivity contribution in [1.29, 1.82) is 0 Å². The zero-order valence-electron chi connectivity index (χ0n) is 18.0. The first-order chi connectivity index (χ1) is 14.9. The molecule has 0 unspecified atom stereocenters. The lowest BCUT2D eigenvalue weighted by atomic mass is 9.87. The normalized spacial score (nSPS) is 23.3. The Morgan fingerprint density at radius 1 is 1.03 bits per heavy atom. The molecule has 0 aromatic heterocycles. The van der Waals surface area contributed by atoms with Crippen LogP contribution in [-0.2, 0) is 20.8 Å². The first-order valence-corrected chi connectivity index (χ1v) is 11.2. The quantitative estimate of drug-likeness (QED) is 0.740. The van der Waals surface area contributed by atoms with Crippen LogP contribution in [0.25, 0.3) is 0 Å². The number of urea groups is 1. The van der Waals surface area contributed by atoms with Gasteiger partial charge in [-0.3, -0.25) is 19.3 Å². The molecule has 3 saturated heterocycles. The third-order valence-electron chi connectivity index (χ3n) is 6.78. The van der Waals surface area contributed by atoms with Gasteiger partial charge in [0, 0.05) is 32.6 Å². The molecule has 0 bridgehead atoms. The van der Waals surface area contributed by atoms with Crippen LogP contribution in [0.2, 0.25) is 0 Å². The van der Waals surface area contributed by atoms with E-state index in [2.05, 4.69) is 5.32 Å². The van der Waals surface area contributed by atoms with E-state index in [1.165, 1.54) is 4.90 Å². The van der Waals surface area contributed by atoms with Gasteiger partial charge in [-0.15, -0.1) is 0 Å². The molecule has 1 spiro atoms. The molecule has 3 heterocycles. The Hall–Kier alpha value is -2.90. The van der Waals surface area contributed by atoms with Gasteiger partial charge in [-0.2, -0.15) is 0 Å². The summed E-state index contributed by atoms with van der Waals surface area (Å²) >= 11 is 0. The Morgan fingerprint density at radius 3 is 2.42 bits per heavy atom. The van der Waals surface area contributed by atoms with Gasteiger partial charge in [0.1, 0.15) is 5.54 Å². The Morgan fingerprint density at radius 2 is 1.74 bits per heavy atom. The van der Waals surface area contributed by atoms with Crippen molar-refractivity contribution in [3.8, 4) is 0 Å². The van der Waals surface area contributed by atoms with E-state index >= 15 is 0 Å². The second-order valence-corrected chi connectivity index (χ2v) is 8.72. The SMILES string of the molecule is CCC(=O)N1CCC2(CC1)NC(=O)N([C@@H]1CCCN(C(=O)Cc3ccccc3)C1)C2=O. The van der Waals surface area contributed by atoms with Gasteiger partial charge in [0.15, 0.2) is 0 Å². The van der Waals surface area contributed by atoms with Gasteiger partial charge in [0.25, 0.3) is 5.91 Å². The third-order valence-corrected chi connectivity index (χ3v) is 6.78. The molecule has 1 aromatic carbocycles. The number of imide groups is 1. The summed E-state index contributed by atoms with van der Waals surface area (Å²) in [5, 5.41) is 2.92. The van der Waals surface area contributed by atoms with Gasteiger partial charge in [-0.1, -0.05) is 37.3 Å². The molecule has 0 radical (unpaired) electrons. The van der Waals surface area contributed by atoms with Crippen LogP contribution in [-0.4, -0.2) is 76.2 Å². The van der Waals surface area contributed by atoms with Crippen molar-refractivity contribution in [3.05, 3.63) is 35.9 Å². The van der Waals surface area contributed by atoms with Crippen LogP contribution in [0.15, 0.2) is 30.3 Å². The second kappa shape index (κ2) is 8.69. The highest BCUT2D eigenvalue weighted by atomic mass is 16.2. The first-order valence-electron chi connectivity index (χ1n) is 11.2. The molecule has 0 aliphatic carbocycles. The average Bonchev–Trinajstić information content (AvgIpc) is 3.03. The lowest BCUT2D eigenvalue weighted by molar-refractivity contribution is -0.141. The van der Waals surface area contributed by atoms with Gasteiger partial charge >= 0.3 is 6.03 Å². The fourth-order valence-electron chi connectivity index (χ4n) is 4.95. The second-order valence-electron chi connectivity index (χ2n) is 8.72. The maximum absolute atomic E-state index is 13.3. The number of hydrogen-bond acceptors (Lipinski definition) is 4. The van der Waals surface area contributed by atoms with Crippen molar-refractivity contribution in [2.45, 2.75) is 57.0 Å².